The Bertz CT molecular complexity index is 107. The van der Waals surface area contributed by atoms with Crippen molar-refractivity contribution in [2.24, 2.45) is 5.41 Å². The molecule has 0 radical (unpaired) electrons. The molecular weight excluding hydrogens is 156 g/mol. The Hall–Kier alpha value is -0.120. The first kappa shape index (κ1) is 11.9. The maximum atomic E-state index is 8.82. The van der Waals surface area contributed by atoms with Gasteiger partial charge in [0.25, 0.3) is 0 Å². The molecule has 0 aromatic carbocycles. The number of aliphatic hydroxyl groups excluding tert-OH is 2. The van der Waals surface area contributed by atoms with Crippen LogP contribution in [0.25, 0.3) is 0 Å². The summed E-state index contributed by atoms with van der Waals surface area (Å²) in [5.41, 5.74) is 0.313. The van der Waals surface area contributed by atoms with Gasteiger partial charge in [-0.3, -0.25) is 0 Å². The SMILES string of the molecule is CC(C)(C)CCCOC(O)CO. The molecule has 2 N–H and O–H groups in total. The van der Waals surface area contributed by atoms with Crippen LogP contribution in [0.2, 0.25) is 0 Å². The van der Waals surface area contributed by atoms with Crippen molar-refractivity contribution in [3.05, 3.63) is 0 Å². The summed E-state index contributed by atoms with van der Waals surface area (Å²) < 4.78 is 4.89. The van der Waals surface area contributed by atoms with E-state index in [-0.39, 0.29) is 6.61 Å². The van der Waals surface area contributed by atoms with E-state index in [4.69, 9.17) is 14.9 Å². The Morgan fingerprint density at radius 3 is 2.33 bits per heavy atom. The van der Waals surface area contributed by atoms with Gasteiger partial charge in [0.2, 0.25) is 0 Å². The molecule has 0 spiro atoms. The molecular formula is C9H20O3. The van der Waals surface area contributed by atoms with Gasteiger partial charge in [-0.15, -0.1) is 0 Å². The van der Waals surface area contributed by atoms with E-state index in [0.717, 1.165) is 12.8 Å². The standard InChI is InChI=1S/C9H20O3/c1-9(2,3)5-4-6-12-8(11)7-10/h8,10-11H,4-7H2,1-3H3. The summed E-state index contributed by atoms with van der Waals surface area (Å²) >= 11 is 0. The zero-order valence-corrected chi connectivity index (χ0v) is 8.21. The van der Waals surface area contributed by atoms with E-state index >= 15 is 0 Å². The molecule has 0 aromatic heterocycles. The maximum Gasteiger partial charge on any atom is 0.177 e. The minimum Gasteiger partial charge on any atom is -0.391 e. The van der Waals surface area contributed by atoms with E-state index in [1.807, 2.05) is 0 Å². The molecule has 0 fully saturated rings. The molecule has 12 heavy (non-hydrogen) atoms. The Morgan fingerprint density at radius 1 is 1.33 bits per heavy atom. The highest BCUT2D eigenvalue weighted by atomic mass is 16.6. The van der Waals surface area contributed by atoms with E-state index in [0.29, 0.717) is 12.0 Å². The highest BCUT2D eigenvalue weighted by molar-refractivity contribution is 4.60. The fourth-order valence-electron chi connectivity index (χ4n) is 0.875. The Balaban J connectivity index is 3.22. The van der Waals surface area contributed by atoms with Crippen LogP contribution in [-0.2, 0) is 4.74 Å². The van der Waals surface area contributed by atoms with Crippen LogP contribution in [0.15, 0.2) is 0 Å². The van der Waals surface area contributed by atoms with Crippen molar-refractivity contribution in [2.75, 3.05) is 13.2 Å². The molecule has 1 unspecified atom stereocenters. The molecule has 0 saturated carbocycles. The second-order valence-corrected chi connectivity index (χ2v) is 4.17. The summed E-state index contributed by atoms with van der Waals surface area (Å²) in [6.07, 6.45) is 0.969. The van der Waals surface area contributed by atoms with Gasteiger partial charge in [0, 0.05) is 6.61 Å². The molecule has 0 aliphatic heterocycles. The Labute approximate surface area is 74.4 Å². The lowest BCUT2D eigenvalue weighted by Gasteiger charge is -2.18. The average molecular weight is 176 g/mol. The summed E-state index contributed by atoms with van der Waals surface area (Å²) in [6.45, 7) is 6.68. The number of hydrogen-bond donors (Lipinski definition) is 2. The van der Waals surface area contributed by atoms with Crippen molar-refractivity contribution in [1.82, 2.24) is 0 Å². The Morgan fingerprint density at radius 2 is 1.92 bits per heavy atom. The van der Waals surface area contributed by atoms with Gasteiger partial charge in [0.05, 0.1) is 6.61 Å². The second-order valence-electron chi connectivity index (χ2n) is 4.17. The second kappa shape index (κ2) is 5.51. The van der Waals surface area contributed by atoms with Crippen molar-refractivity contribution in [1.29, 1.82) is 0 Å². The van der Waals surface area contributed by atoms with Gasteiger partial charge in [-0.1, -0.05) is 20.8 Å². The van der Waals surface area contributed by atoms with Crippen molar-refractivity contribution in [3.8, 4) is 0 Å². The van der Waals surface area contributed by atoms with E-state index in [1.165, 1.54) is 0 Å². The highest BCUT2D eigenvalue weighted by Crippen LogP contribution is 2.20. The third-order valence-electron chi connectivity index (χ3n) is 1.54. The molecule has 0 amide bonds. The molecule has 0 aliphatic carbocycles. The van der Waals surface area contributed by atoms with Gasteiger partial charge in [0.1, 0.15) is 0 Å². The van der Waals surface area contributed by atoms with Crippen molar-refractivity contribution >= 4 is 0 Å². The van der Waals surface area contributed by atoms with Gasteiger partial charge in [-0.05, 0) is 18.3 Å². The number of hydrogen-bond acceptors (Lipinski definition) is 3. The topological polar surface area (TPSA) is 49.7 Å². The molecule has 3 heteroatoms. The van der Waals surface area contributed by atoms with Crippen LogP contribution in [0.4, 0.5) is 0 Å². The number of rotatable bonds is 5. The lowest BCUT2D eigenvalue weighted by Crippen LogP contribution is -2.18. The first-order valence-corrected chi connectivity index (χ1v) is 4.36. The van der Waals surface area contributed by atoms with Crippen LogP contribution in [-0.4, -0.2) is 29.7 Å². The van der Waals surface area contributed by atoms with E-state index in [2.05, 4.69) is 20.8 Å². The quantitative estimate of drug-likeness (QED) is 0.488. The predicted molar refractivity (Wildman–Crippen MR) is 47.7 cm³/mol. The van der Waals surface area contributed by atoms with Gasteiger partial charge in [-0.25, -0.2) is 0 Å². The zero-order valence-electron chi connectivity index (χ0n) is 8.21. The summed E-state index contributed by atoms with van der Waals surface area (Å²) in [4.78, 5) is 0. The van der Waals surface area contributed by atoms with Crippen LogP contribution >= 0.6 is 0 Å². The molecule has 0 rings (SSSR count). The smallest absolute Gasteiger partial charge is 0.177 e. The van der Waals surface area contributed by atoms with E-state index in [9.17, 15) is 0 Å². The van der Waals surface area contributed by atoms with Gasteiger partial charge in [0.15, 0.2) is 6.29 Å². The average Bonchev–Trinajstić information content (AvgIpc) is 1.96. The third-order valence-corrected chi connectivity index (χ3v) is 1.54. The fraction of sp³-hybridized carbons (Fsp3) is 1.00. The predicted octanol–water partition coefficient (Wildman–Crippen LogP) is 1.14. The van der Waals surface area contributed by atoms with Crippen LogP contribution < -0.4 is 0 Å². The lowest BCUT2D eigenvalue weighted by molar-refractivity contribution is -0.125. The largest absolute Gasteiger partial charge is 0.391 e. The molecule has 74 valence electrons. The zero-order chi connectivity index (χ0) is 9.61. The fourth-order valence-corrected chi connectivity index (χ4v) is 0.875. The first-order chi connectivity index (χ1) is 5.45. The van der Waals surface area contributed by atoms with Crippen LogP contribution in [0, 0.1) is 5.41 Å². The van der Waals surface area contributed by atoms with Crippen LogP contribution in [0.1, 0.15) is 33.6 Å². The van der Waals surface area contributed by atoms with Crippen LogP contribution in [0.5, 0.6) is 0 Å². The first-order valence-electron chi connectivity index (χ1n) is 4.36. The molecule has 0 aromatic rings. The maximum absolute atomic E-state index is 8.82. The van der Waals surface area contributed by atoms with Crippen molar-refractivity contribution < 1.29 is 14.9 Å². The Kier molecular flexibility index (Phi) is 5.46. The monoisotopic (exact) mass is 176 g/mol. The van der Waals surface area contributed by atoms with E-state index in [1.54, 1.807) is 0 Å². The van der Waals surface area contributed by atoms with Crippen molar-refractivity contribution in [3.63, 3.8) is 0 Å². The molecule has 1 atom stereocenters. The number of aliphatic hydroxyl groups is 2. The minimum absolute atomic E-state index is 0.313. The highest BCUT2D eigenvalue weighted by Gasteiger charge is 2.09. The summed E-state index contributed by atoms with van der Waals surface area (Å²) in [7, 11) is 0. The van der Waals surface area contributed by atoms with E-state index < -0.39 is 6.29 Å². The summed E-state index contributed by atoms with van der Waals surface area (Å²) in [6, 6.07) is 0. The van der Waals surface area contributed by atoms with Gasteiger partial charge >= 0.3 is 0 Å². The molecule has 0 bridgehead atoms. The number of ether oxygens (including phenoxy) is 1. The summed E-state index contributed by atoms with van der Waals surface area (Å²) in [5.74, 6) is 0. The minimum atomic E-state index is -1.01. The molecule has 3 nitrogen and oxygen atoms in total. The third kappa shape index (κ3) is 7.98. The van der Waals surface area contributed by atoms with Crippen LogP contribution in [0.3, 0.4) is 0 Å². The van der Waals surface area contributed by atoms with Crippen molar-refractivity contribution in [2.45, 2.75) is 39.9 Å². The molecule has 0 saturated heterocycles. The normalized spacial score (nSPS) is 14.8. The lowest BCUT2D eigenvalue weighted by atomic mass is 9.91. The van der Waals surface area contributed by atoms with Gasteiger partial charge < -0.3 is 14.9 Å². The molecule has 0 heterocycles. The summed E-state index contributed by atoms with van der Waals surface area (Å²) in [5, 5.41) is 17.2. The molecule has 0 aliphatic rings. The van der Waals surface area contributed by atoms with Gasteiger partial charge in [-0.2, -0.15) is 0 Å².